The van der Waals surface area contributed by atoms with E-state index in [9.17, 15) is 14.9 Å². The summed E-state index contributed by atoms with van der Waals surface area (Å²) in [5.41, 5.74) is -1.07. The lowest BCUT2D eigenvalue weighted by molar-refractivity contribution is -0.385. The molecule has 2 N–H and O–H groups in total. The van der Waals surface area contributed by atoms with Gasteiger partial charge in [-0.3, -0.25) is 19.3 Å². The minimum Gasteiger partial charge on any atom is -0.394 e. The summed E-state index contributed by atoms with van der Waals surface area (Å²) in [7, 11) is 0. The van der Waals surface area contributed by atoms with E-state index >= 15 is 0 Å². The number of hydrogen-bond donors (Lipinski definition) is 2. The third kappa shape index (κ3) is 2.45. The summed E-state index contributed by atoms with van der Waals surface area (Å²) in [4.78, 5) is 26.6. The second kappa shape index (κ2) is 5.66. The molecule has 0 unspecified atom stereocenters. The van der Waals surface area contributed by atoms with E-state index < -0.39 is 22.2 Å². The fourth-order valence-corrected chi connectivity index (χ4v) is 1.82. The summed E-state index contributed by atoms with van der Waals surface area (Å²) in [5, 5.41) is 23.0. The van der Waals surface area contributed by atoms with Gasteiger partial charge in [0.25, 0.3) is 0 Å². The van der Waals surface area contributed by atoms with Gasteiger partial charge in [0.2, 0.25) is 5.82 Å². The molecule has 2 heterocycles. The fraction of sp³-hybridized carbons (Fsp3) is 0.333. The highest BCUT2D eigenvalue weighted by Gasteiger charge is 2.24. The molecule has 2 aromatic rings. The summed E-state index contributed by atoms with van der Waals surface area (Å²) in [6, 6.07) is 4.46. The third-order valence-electron chi connectivity index (χ3n) is 2.95. The zero-order chi connectivity index (χ0) is 14.7. The number of nitrogens with one attached hydrogen (secondary N) is 1. The zero-order valence-electron chi connectivity index (χ0n) is 10.8. The molecule has 2 rings (SSSR count). The molecule has 0 amide bonds. The molecule has 106 valence electrons. The number of hydrogen-bond acceptors (Lipinski definition) is 6. The van der Waals surface area contributed by atoms with Gasteiger partial charge in [-0.15, -0.1) is 0 Å². The largest absolute Gasteiger partial charge is 0.394 e. The highest BCUT2D eigenvalue weighted by atomic mass is 16.6. The van der Waals surface area contributed by atoms with Gasteiger partial charge >= 0.3 is 11.2 Å². The van der Waals surface area contributed by atoms with Gasteiger partial charge in [-0.25, -0.2) is 4.98 Å². The Morgan fingerprint density at radius 2 is 2.30 bits per heavy atom. The zero-order valence-corrected chi connectivity index (χ0v) is 10.8. The molecule has 8 heteroatoms. The Labute approximate surface area is 113 Å². The summed E-state index contributed by atoms with van der Waals surface area (Å²) >= 11 is 0. The van der Waals surface area contributed by atoms with Crippen molar-refractivity contribution in [3.63, 3.8) is 0 Å². The SMILES string of the molecule is CC[C@@H](CO)Nc1nc2ccccn2c(=O)c1[N+](=O)[O-]. The Kier molecular flexibility index (Phi) is 3.94. The summed E-state index contributed by atoms with van der Waals surface area (Å²) in [6.45, 7) is 1.61. The van der Waals surface area contributed by atoms with E-state index in [-0.39, 0.29) is 12.4 Å². The van der Waals surface area contributed by atoms with E-state index in [1.54, 1.807) is 18.2 Å². The number of fused-ring (bicyclic) bond motifs is 1. The maximum Gasteiger partial charge on any atom is 0.376 e. The molecule has 0 radical (unpaired) electrons. The summed E-state index contributed by atoms with van der Waals surface area (Å²) in [5.74, 6) is -0.118. The molecular weight excluding hydrogens is 264 g/mol. The average molecular weight is 278 g/mol. The maximum absolute atomic E-state index is 12.1. The first-order chi connectivity index (χ1) is 9.58. The van der Waals surface area contributed by atoms with Gasteiger partial charge in [0.15, 0.2) is 0 Å². The van der Waals surface area contributed by atoms with Crippen LogP contribution >= 0.6 is 0 Å². The number of pyridine rings is 1. The number of nitro groups is 1. The van der Waals surface area contributed by atoms with Crippen LogP contribution in [0.2, 0.25) is 0 Å². The highest BCUT2D eigenvalue weighted by Crippen LogP contribution is 2.19. The van der Waals surface area contributed by atoms with Crippen LogP contribution in [-0.4, -0.2) is 32.1 Å². The Hall–Kier alpha value is -2.48. The first kappa shape index (κ1) is 13.9. The van der Waals surface area contributed by atoms with E-state index in [2.05, 4.69) is 10.3 Å². The van der Waals surface area contributed by atoms with E-state index in [4.69, 9.17) is 5.11 Å². The van der Waals surface area contributed by atoms with Crippen molar-refractivity contribution in [2.24, 2.45) is 0 Å². The van der Waals surface area contributed by atoms with Gasteiger partial charge in [-0.1, -0.05) is 13.0 Å². The second-order valence-electron chi connectivity index (χ2n) is 4.23. The third-order valence-corrected chi connectivity index (χ3v) is 2.95. The first-order valence-electron chi connectivity index (χ1n) is 6.11. The number of nitrogens with zero attached hydrogens (tertiary/aromatic N) is 3. The van der Waals surface area contributed by atoms with Crippen LogP contribution in [-0.2, 0) is 0 Å². The number of anilines is 1. The normalized spacial score (nSPS) is 12.3. The molecule has 0 saturated carbocycles. The van der Waals surface area contributed by atoms with Crippen molar-refractivity contribution in [2.45, 2.75) is 19.4 Å². The molecule has 20 heavy (non-hydrogen) atoms. The molecule has 0 aliphatic rings. The number of aliphatic hydroxyl groups excluding tert-OH is 1. The first-order valence-corrected chi connectivity index (χ1v) is 6.11. The summed E-state index contributed by atoms with van der Waals surface area (Å²) in [6.07, 6.45) is 1.97. The van der Waals surface area contributed by atoms with Crippen molar-refractivity contribution in [2.75, 3.05) is 11.9 Å². The van der Waals surface area contributed by atoms with Crippen molar-refractivity contribution in [1.29, 1.82) is 0 Å². The minimum absolute atomic E-state index is 0.118. The van der Waals surface area contributed by atoms with Crippen LogP contribution in [0, 0.1) is 10.1 Å². The molecule has 0 aliphatic heterocycles. The topological polar surface area (TPSA) is 110 Å². The Bertz CT molecular complexity index is 693. The number of aromatic nitrogens is 2. The van der Waals surface area contributed by atoms with Gasteiger partial charge in [0, 0.05) is 6.20 Å². The van der Waals surface area contributed by atoms with Crippen molar-refractivity contribution < 1.29 is 10.0 Å². The highest BCUT2D eigenvalue weighted by molar-refractivity contribution is 5.60. The smallest absolute Gasteiger partial charge is 0.376 e. The van der Waals surface area contributed by atoms with Crippen molar-refractivity contribution in [3.05, 3.63) is 44.9 Å². The molecule has 0 bridgehead atoms. The number of rotatable bonds is 5. The minimum atomic E-state index is -0.763. The monoisotopic (exact) mass is 278 g/mol. The molecule has 0 spiro atoms. The van der Waals surface area contributed by atoms with Gasteiger partial charge in [-0.2, -0.15) is 0 Å². The molecule has 2 aromatic heterocycles. The van der Waals surface area contributed by atoms with Crippen molar-refractivity contribution in [3.8, 4) is 0 Å². The Morgan fingerprint density at radius 3 is 2.90 bits per heavy atom. The van der Waals surface area contributed by atoms with Crippen LogP contribution in [0.15, 0.2) is 29.2 Å². The van der Waals surface area contributed by atoms with Gasteiger partial charge in [-0.05, 0) is 18.6 Å². The molecule has 1 atom stereocenters. The van der Waals surface area contributed by atoms with Gasteiger partial charge in [0.1, 0.15) is 5.65 Å². The van der Waals surface area contributed by atoms with Gasteiger partial charge in [0.05, 0.1) is 17.6 Å². The molecule has 8 nitrogen and oxygen atoms in total. The molecule has 0 saturated heterocycles. The van der Waals surface area contributed by atoms with Crippen molar-refractivity contribution in [1.82, 2.24) is 9.38 Å². The van der Waals surface area contributed by atoms with Crippen molar-refractivity contribution >= 4 is 17.2 Å². The van der Waals surface area contributed by atoms with Crippen LogP contribution in [0.4, 0.5) is 11.5 Å². The van der Waals surface area contributed by atoms with Crippen LogP contribution < -0.4 is 10.9 Å². The van der Waals surface area contributed by atoms with Crippen LogP contribution in [0.5, 0.6) is 0 Å². The lowest BCUT2D eigenvalue weighted by atomic mass is 10.2. The predicted molar refractivity (Wildman–Crippen MR) is 72.9 cm³/mol. The van der Waals surface area contributed by atoms with E-state index in [1.807, 2.05) is 6.92 Å². The second-order valence-corrected chi connectivity index (χ2v) is 4.23. The standard InChI is InChI=1S/C12H14N4O4/c1-2-8(7-17)13-11-10(16(19)20)12(18)15-6-4-3-5-9(15)14-11/h3-6,8,13,17H,2,7H2,1H3/t8-/m0/s1. The average Bonchev–Trinajstić information content (AvgIpc) is 2.44. The maximum atomic E-state index is 12.1. The quantitative estimate of drug-likeness (QED) is 0.618. The van der Waals surface area contributed by atoms with Crippen LogP contribution in [0.1, 0.15) is 13.3 Å². The molecule has 0 aliphatic carbocycles. The summed E-state index contributed by atoms with van der Waals surface area (Å²) < 4.78 is 1.11. The Morgan fingerprint density at radius 1 is 1.55 bits per heavy atom. The van der Waals surface area contributed by atoms with Crippen LogP contribution in [0.3, 0.4) is 0 Å². The van der Waals surface area contributed by atoms with E-state index in [0.717, 1.165) is 4.40 Å². The molecule has 0 fully saturated rings. The van der Waals surface area contributed by atoms with Gasteiger partial charge < -0.3 is 10.4 Å². The van der Waals surface area contributed by atoms with E-state index in [1.165, 1.54) is 6.20 Å². The van der Waals surface area contributed by atoms with Crippen LogP contribution in [0.25, 0.3) is 5.65 Å². The predicted octanol–water partition coefficient (Wildman–Crippen LogP) is 0.785. The molecule has 0 aromatic carbocycles. The lowest BCUT2D eigenvalue weighted by Crippen LogP contribution is -2.27. The Balaban J connectivity index is 2.65. The number of aliphatic hydroxyl groups is 1. The fourth-order valence-electron chi connectivity index (χ4n) is 1.82. The lowest BCUT2D eigenvalue weighted by Gasteiger charge is -2.14. The molecular formula is C12H14N4O4. The van der Waals surface area contributed by atoms with E-state index in [0.29, 0.717) is 12.1 Å².